The fourth-order valence-electron chi connectivity index (χ4n) is 1.85. The molecule has 1 amide bonds. The molecule has 0 radical (unpaired) electrons. The second-order valence-corrected chi connectivity index (χ2v) is 5.84. The second-order valence-electron chi connectivity index (χ2n) is 4.51. The number of H-pyrrole nitrogens is 1. The summed E-state index contributed by atoms with van der Waals surface area (Å²) < 4.78 is 13.6. The minimum atomic E-state index is -0.467. The van der Waals surface area contributed by atoms with Gasteiger partial charge in [0.1, 0.15) is 22.7 Å². The number of amides is 1. The average Bonchev–Trinajstić information content (AvgIpc) is 2.99. The number of carbonyl (C=O) groups is 1. The number of anilines is 1. The van der Waals surface area contributed by atoms with Gasteiger partial charge in [-0.15, -0.1) is 0 Å². The Morgan fingerprint density at radius 1 is 1.32 bits per heavy atom. The molecule has 22 heavy (non-hydrogen) atoms. The maximum absolute atomic E-state index is 13.6. The number of aromatic amines is 1. The summed E-state index contributed by atoms with van der Waals surface area (Å²) in [5.41, 5.74) is 1.38. The smallest absolute Gasteiger partial charge is 0.237 e. The Morgan fingerprint density at radius 2 is 2.14 bits per heavy atom. The van der Waals surface area contributed by atoms with E-state index >= 15 is 0 Å². The topological polar surface area (TPSA) is 83.6 Å². The fourth-order valence-corrected chi connectivity index (χ4v) is 2.73. The van der Waals surface area contributed by atoms with Crippen molar-refractivity contribution in [3.8, 4) is 0 Å². The van der Waals surface area contributed by atoms with Gasteiger partial charge in [0.05, 0.1) is 17.3 Å². The van der Waals surface area contributed by atoms with Gasteiger partial charge in [0.15, 0.2) is 5.65 Å². The molecule has 8 heteroatoms. The van der Waals surface area contributed by atoms with Gasteiger partial charge in [0, 0.05) is 0 Å². The number of para-hydroxylation sites is 1. The summed E-state index contributed by atoms with van der Waals surface area (Å²) in [5, 5.41) is 2.73. The van der Waals surface area contributed by atoms with Gasteiger partial charge < -0.3 is 10.3 Å². The van der Waals surface area contributed by atoms with Crippen molar-refractivity contribution in [2.24, 2.45) is 0 Å². The molecule has 0 saturated carbocycles. The first-order chi connectivity index (χ1) is 10.6. The van der Waals surface area contributed by atoms with Gasteiger partial charge in [0.25, 0.3) is 0 Å². The van der Waals surface area contributed by atoms with E-state index in [1.165, 1.54) is 36.5 Å². The number of hydrogen-bond donors (Lipinski definition) is 2. The molecule has 2 heterocycles. The number of nitrogens with zero attached hydrogens (tertiary/aromatic N) is 3. The molecule has 0 fully saturated rings. The van der Waals surface area contributed by atoms with Crippen LogP contribution in [0.2, 0.25) is 0 Å². The summed E-state index contributed by atoms with van der Waals surface area (Å²) in [6, 6.07) is 6.04. The zero-order chi connectivity index (χ0) is 15.5. The monoisotopic (exact) mass is 317 g/mol. The molecule has 2 aromatic heterocycles. The maximum Gasteiger partial charge on any atom is 0.237 e. The van der Waals surface area contributed by atoms with Crippen LogP contribution < -0.4 is 5.32 Å². The Balaban J connectivity index is 1.74. The van der Waals surface area contributed by atoms with E-state index in [0.29, 0.717) is 16.2 Å². The normalized spacial score (nSPS) is 12.3. The van der Waals surface area contributed by atoms with E-state index in [2.05, 4.69) is 25.3 Å². The summed E-state index contributed by atoms with van der Waals surface area (Å²) >= 11 is 1.25. The third kappa shape index (κ3) is 2.91. The SMILES string of the molecule is C[C@@H](Sc1ncnc2nc[nH]c12)C(=O)Nc1ccccc1F. The van der Waals surface area contributed by atoms with Crippen LogP contribution in [0.4, 0.5) is 10.1 Å². The largest absolute Gasteiger partial charge is 0.341 e. The minimum Gasteiger partial charge on any atom is -0.341 e. The van der Waals surface area contributed by atoms with Crippen molar-refractivity contribution >= 4 is 34.5 Å². The Labute approximate surface area is 129 Å². The van der Waals surface area contributed by atoms with Gasteiger partial charge in [0.2, 0.25) is 5.91 Å². The molecule has 0 bridgehead atoms. The molecule has 6 nitrogen and oxygen atoms in total. The lowest BCUT2D eigenvalue weighted by molar-refractivity contribution is -0.115. The van der Waals surface area contributed by atoms with Crippen LogP contribution in [0.3, 0.4) is 0 Å². The number of halogens is 1. The average molecular weight is 317 g/mol. The molecule has 0 spiro atoms. The first-order valence-corrected chi connectivity index (χ1v) is 7.39. The van der Waals surface area contributed by atoms with Crippen LogP contribution in [-0.4, -0.2) is 31.1 Å². The first-order valence-electron chi connectivity index (χ1n) is 6.51. The number of nitrogens with one attached hydrogen (secondary N) is 2. The van der Waals surface area contributed by atoms with Crippen molar-refractivity contribution in [3.05, 3.63) is 42.7 Å². The molecule has 0 aliphatic rings. The summed E-state index contributed by atoms with van der Waals surface area (Å²) in [7, 11) is 0. The number of carbonyl (C=O) groups excluding carboxylic acids is 1. The second kappa shape index (κ2) is 6.10. The Morgan fingerprint density at radius 3 is 2.95 bits per heavy atom. The van der Waals surface area contributed by atoms with Gasteiger partial charge in [-0.1, -0.05) is 23.9 Å². The van der Waals surface area contributed by atoms with Gasteiger partial charge in [-0.25, -0.2) is 19.3 Å². The van der Waals surface area contributed by atoms with Crippen LogP contribution in [0.5, 0.6) is 0 Å². The number of imidazole rings is 1. The lowest BCUT2D eigenvalue weighted by atomic mass is 10.3. The summed E-state index contributed by atoms with van der Waals surface area (Å²) in [4.78, 5) is 27.3. The highest BCUT2D eigenvalue weighted by molar-refractivity contribution is 8.00. The number of aromatic nitrogens is 4. The number of thioether (sulfide) groups is 1. The van der Waals surface area contributed by atoms with Crippen molar-refractivity contribution < 1.29 is 9.18 Å². The molecule has 3 aromatic rings. The third-order valence-electron chi connectivity index (χ3n) is 2.98. The summed E-state index contributed by atoms with van der Waals surface area (Å²) in [6.45, 7) is 1.73. The van der Waals surface area contributed by atoms with Crippen molar-refractivity contribution in [1.82, 2.24) is 19.9 Å². The van der Waals surface area contributed by atoms with Gasteiger partial charge in [-0.05, 0) is 19.1 Å². The van der Waals surface area contributed by atoms with Gasteiger partial charge >= 0.3 is 0 Å². The fraction of sp³-hybridized carbons (Fsp3) is 0.143. The van der Waals surface area contributed by atoms with E-state index < -0.39 is 11.1 Å². The van der Waals surface area contributed by atoms with E-state index in [9.17, 15) is 9.18 Å². The molecule has 0 aliphatic heterocycles. The zero-order valence-electron chi connectivity index (χ0n) is 11.6. The van der Waals surface area contributed by atoms with Crippen molar-refractivity contribution in [1.29, 1.82) is 0 Å². The molecule has 0 aliphatic carbocycles. The zero-order valence-corrected chi connectivity index (χ0v) is 12.4. The standard InChI is InChI=1S/C14H12FN5OS/c1-8(13(21)20-10-5-3-2-4-9(10)15)22-14-11-12(17-6-16-11)18-7-19-14/h2-8H,1H3,(H,20,21)(H,16,17,18,19)/t8-/m1/s1. The van der Waals surface area contributed by atoms with Crippen LogP contribution in [0.1, 0.15) is 6.92 Å². The predicted octanol–water partition coefficient (Wildman–Crippen LogP) is 2.61. The Bertz CT molecular complexity index is 822. The Kier molecular flexibility index (Phi) is 4.01. The van der Waals surface area contributed by atoms with Crippen LogP contribution >= 0.6 is 11.8 Å². The van der Waals surface area contributed by atoms with E-state index in [-0.39, 0.29) is 11.6 Å². The Hall–Kier alpha value is -2.48. The maximum atomic E-state index is 13.6. The lowest BCUT2D eigenvalue weighted by Gasteiger charge is -2.12. The van der Waals surface area contributed by atoms with E-state index in [0.717, 1.165) is 0 Å². The number of rotatable bonds is 4. The molecule has 2 N–H and O–H groups in total. The lowest BCUT2D eigenvalue weighted by Crippen LogP contribution is -2.23. The highest BCUT2D eigenvalue weighted by Gasteiger charge is 2.18. The van der Waals surface area contributed by atoms with Crippen LogP contribution in [0, 0.1) is 5.82 Å². The molecule has 1 aromatic carbocycles. The van der Waals surface area contributed by atoms with Gasteiger partial charge in [-0.2, -0.15) is 0 Å². The summed E-state index contributed by atoms with van der Waals surface area (Å²) in [5.74, 6) is -0.771. The highest BCUT2D eigenvalue weighted by Crippen LogP contribution is 2.26. The van der Waals surface area contributed by atoms with Gasteiger partial charge in [-0.3, -0.25) is 4.79 Å². The van der Waals surface area contributed by atoms with E-state index in [4.69, 9.17) is 0 Å². The molecular formula is C14H12FN5OS. The first kappa shape index (κ1) is 14.5. The molecule has 112 valence electrons. The third-order valence-corrected chi connectivity index (χ3v) is 4.08. The van der Waals surface area contributed by atoms with E-state index in [1.54, 1.807) is 19.1 Å². The van der Waals surface area contributed by atoms with Crippen molar-refractivity contribution in [2.45, 2.75) is 17.2 Å². The molecule has 3 rings (SSSR count). The summed E-state index contributed by atoms with van der Waals surface area (Å²) in [6.07, 6.45) is 2.92. The number of hydrogen-bond acceptors (Lipinski definition) is 5. The van der Waals surface area contributed by atoms with Crippen molar-refractivity contribution in [3.63, 3.8) is 0 Å². The molecule has 0 unspecified atom stereocenters. The van der Waals surface area contributed by atoms with Crippen LogP contribution in [-0.2, 0) is 4.79 Å². The number of benzene rings is 1. The van der Waals surface area contributed by atoms with Crippen molar-refractivity contribution in [2.75, 3.05) is 5.32 Å². The number of fused-ring (bicyclic) bond motifs is 1. The van der Waals surface area contributed by atoms with E-state index in [1.807, 2.05) is 0 Å². The molecule has 0 saturated heterocycles. The predicted molar refractivity (Wildman–Crippen MR) is 82.0 cm³/mol. The van der Waals surface area contributed by atoms with Crippen LogP contribution in [0.25, 0.3) is 11.2 Å². The van der Waals surface area contributed by atoms with Crippen LogP contribution in [0.15, 0.2) is 41.9 Å². The molecular weight excluding hydrogens is 305 g/mol. The quantitative estimate of drug-likeness (QED) is 0.571. The molecule has 1 atom stereocenters. The highest BCUT2D eigenvalue weighted by atomic mass is 32.2. The minimum absolute atomic E-state index is 0.161.